The number of carboxylic acids is 1. The Bertz CT molecular complexity index is 661. The van der Waals surface area contributed by atoms with Crippen molar-refractivity contribution in [3.8, 4) is 0 Å². The number of methoxy groups -OCH3 is 1. The first kappa shape index (κ1) is 18.8. The van der Waals surface area contributed by atoms with E-state index < -0.39 is 5.97 Å². The third-order valence-corrected chi connectivity index (χ3v) is 8.04. The van der Waals surface area contributed by atoms with Gasteiger partial charge in [-0.25, -0.2) is 9.59 Å². The van der Waals surface area contributed by atoms with Crippen LogP contribution in [-0.4, -0.2) is 24.2 Å². The lowest BCUT2D eigenvalue weighted by Gasteiger charge is -1.94. The van der Waals surface area contributed by atoms with E-state index in [0.29, 0.717) is 9.75 Å². The molecule has 0 aliphatic carbocycles. The molecule has 0 saturated heterocycles. The van der Waals surface area contributed by atoms with Crippen molar-refractivity contribution in [3.05, 3.63) is 38.8 Å². The van der Waals surface area contributed by atoms with Gasteiger partial charge in [-0.05, 0) is 80.9 Å². The van der Waals surface area contributed by atoms with Gasteiger partial charge in [0.25, 0.3) is 0 Å². The highest BCUT2D eigenvalue weighted by atomic mass is 127. The van der Waals surface area contributed by atoms with Crippen molar-refractivity contribution in [2.75, 3.05) is 7.11 Å². The van der Waals surface area contributed by atoms with Crippen LogP contribution in [0.3, 0.4) is 0 Å². The highest BCUT2D eigenvalue weighted by Gasteiger charge is 2.13. The Labute approximate surface area is 157 Å². The fraction of sp³-hybridized carbons (Fsp3) is 0.231. The Morgan fingerprint density at radius 2 is 1.48 bits per heavy atom. The SMILES string of the molecule is COC(=O)c1scc(C)c1I.Cc1csc(C(=O)O)c1I. The Balaban J connectivity index is 0.000000211. The van der Waals surface area contributed by atoms with Gasteiger partial charge in [0.05, 0.1) is 7.11 Å². The van der Waals surface area contributed by atoms with Crippen molar-refractivity contribution < 1.29 is 19.4 Å². The van der Waals surface area contributed by atoms with Crippen molar-refractivity contribution >= 4 is 79.8 Å². The van der Waals surface area contributed by atoms with Crippen molar-refractivity contribution in [1.29, 1.82) is 0 Å². The third kappa shape index (κ3) is 4.89. The number of aromatic carboxylic acids is 1. The maximum absolute atomic E-state index is 11.0. The molecule has 4 nitrogen and oxygen atoms in total. The number of rotatable bonds is 2. The quantitative estimate of drug-likeness (QED) is 0.431. The van der Waals surface area contributed by atoms with Gasteiger partial charge in [0.15, 0.2) is 0 Å². The molecule has 0 aliphatic heterocycles. The van der Waals surface area contributed by atoms with Gasteiger partial charge in [-0.3, -0.25) is 0 Å². The van der Waals surface area contributed by atoms with Crippen LogP contribution in [0.25, 0.3) is 0 Å². The minimum atomic E-state index is -0.831. The Morgan fingerprint density at radius 3 is 1.71 bits per heavy atom. The molecule has 21 heavy (non-hydrogen) atoms. The molecule has 0 atom stereocenters. The molecule has 0 fully saturated rings. The third-order valence-electron chi connectivity index (χ3n) is 2.36. The molecule has 0 aliphatic rings. The van der Waals surface area contributed by atoms with Crippen LogP contribution in [0.1, 0.15) is 30.5 Å². The number of thiophene rings is 2. The van der Waals surface area contributed by atoms with Crippen molar-refractivity contribution in [2.45, 2.75) is 13.8 Å². The van der Waals surface area contributed by atoms with Crippen molar-refractivity contribution in [3.63, 3.8) is 0 Å². The fourth-order valence-corrected chi connectivity index (χ4v) is 4.82. The molecular formula is C13H12I2O4S2. The number of halogens is 2. The van der Waals surface area contributed by atoms with E-state index in [4.69, 9.17) is 5.11 Å². The molecule has 114 valence electrons. The second-order valence-electron chi connectivity index (χ2n) is 3.92. The van der Waals surface area contributed by atoms with Crippen LogP contribution in [0.15, 0.2) is 10.8 Å². The summed E-state index contributed by atoms with van der Waals surface area (Å²) in [4.78, 5) is 22.6. The second kappa shape index (κ2) is 8.44. The lowest BCUT2D eigenvalue weighted by molar-refractivity contribution is 0.0604. The van der Waals surface area contributed by atoms with Gasteiger partial charge in [0, 0.05) is 7.14 Å². The van der Waals surface area contributed by atoms with Gasteiger partial charge in [0.2, 0.25) is 0 Å². The lowest BCUT2D eigenvalue weighted by atomic mass is 10.3. The van der Waals surface area contributed by atoms with Crippen LogP contribution in [0.5, 0.6) is 0 Å². The first-order valence-corrected chi connectivity index (χ1v) is 9.50. The number of aryl methyl sites for hydroxylation is 2. The van der Waals surface area contributed by atoms with Crippen molar-refractivity contribution in [2.24, 2.45) is 0 Å². The van der Waals surface area contributed by atoms with Gasteiger partial charge < -0.3 is 9.84 Å². The molecule has 2 rings (SSSR count). The molecule has 0 unspecified atom stereocenters. The zero-order chi connectivity index (χ0) is 16.2. The minimum absolute atomic E-state index is 0.243. The standard InChI is InChI=1S/C7H7IO2S.C6H5IO2S/c1-4-3-11-6(5(4)8)7(9)10-2;1-3-2-10-5(4(3)7)6(8)9/h3H,1-2H3;2H,1H3,(H,8,9). The van der Waals surface area contributed by atoms with E-state index in [1.807, 2.05) is 47.2 Å². The van der Waals surface area contributed by atoms with Crippen LogP contribution in [0.2, 0.25) is 0 Å². The summed E-state index contributed by atoms with van der Waals surface area (Å²) in [6, 6.07) is 0. The molecule has 8 heteroatoms. The molecule has 2 aromatic heterocycles. The molecule has 0 saturated carbocycles. The van der Waals surface area contributed by atoms with Gasteiger partial charge in [-0.15, -0.1) is 22.7 Å². The molecule has 0 spiro atoms. The molecule has 0 amide bonds. The highest BCUT2D eigenvalue weighted by molar-refractivity contribution is 14.1. The monoisotopic (exact) mass is 550 g/mol. The van der Waals surface area contributed by atoms with Crippen molar-refractivity contribution in [1.82, 2.24) is 0 Å². The summed E-state index contributed by atoms with van der Waals surface area (Å²) in [6.07, 6.45) is 0. The summed E-state index contributed by atoms with van der Waals surface area (Å²) in [5.74, 6) is -1.07. The number of ether oxygens (including phenoxy) is 1. The number of hydrogen-bond acceptors (Lipinski definition) is 5. The van der Waals surface area contributed by atoms with E-state index in [1.165, 1.54) is 29.8 Å². The topological polar surface area (TPSA) is 63.6 Å². The number of carbonyl (C=O) groups is 2. The summed E-state index contributed by atoms with van der Waals surface area (Å²) in [5.41, 5.74) is 2.18. The van der Waals surface area contributed by atoms with E-state index in [9.17, 15) is 9.59 Å². The number of esters is 1. The second-order valence-corrected chi connectivity index (χ2v) is 7.84. The highest BCUT2D eigenvalue weighted by Crippen LogP contribution is 2.24. The number of carbonyl (C=O) groups excluding carboxylic acids is 1. The lowest BCUT2D eigenvalue weighted by Crippen LogP contribution is -1.99. The number of carboxylic acid groups (broad SMARTS) is 1. The van der Waals surface area contributed by atoms with Gasteiger partial charge in [-0.1, -0.05) is 0 Å². The number of hydrogen-bond donors (Lipinski definition) is 1. The maximum atomic E-state index is 11.0. The minimum Gasteiger partial charge on any atom is -0.477 e. The van der Waals surface area contributed by atoms with Gasteiger partial charge >= 0.3 is 11.9 Å². The van der Waals surface area contributed by atoms with Gasteiger partial charge in [-0.2, -0.15) is 0 Å². The molecule has 2 aromatic rings. The fourth-order valence-electron chi connectivity index (χ4n) is 1.23. The van der Waals surface area contributed by atoms with E-state index in [2.05, 4.69) is 27.3 Å². The van der Waals surface area contributed by atoms with E-state index in [-0.39, 0.29) is 5.97 Å². The predicted molar refractivity (Wildman–Crippen MR) is 102 cm³/mol. The van der Waals surface area contributed by atoms with E-state index in [1.54, 1.807) is 0 Å². The summed E-state index contributed by atoms with van der Waals surface area (Å²) >= 11 is 6.90. The Kier molecular flexibility index (Phi) is 7.57. The largest absolute Gasteiger partial charge is 0.477 e. The Morgan fingerprint density at radius 1 is 1.05 bits per heavy atom. The average molecular weight is 550 g/mol. The van der Waals surface area contributed by atoms with Crippen LogP contribution < -0.4 is 0 Å². The van der Waals surface area contributed by atoms with E-state index >= 15 is 0 Å². The summed E-state index contributed by atoms with van der Waals surface area (Å²) in [7, 11) is 1.40. The van der Waals surface area contributed by atoms with Crippen LogP contribution in [0, 0.1) is 21.0 Å². The zero-order valence-corrected chi connectivity index (χ0v) is 17.3. The zero-order valence-electron chi connectivity index (χ0n) is 11.4. The summed E-state index contributed by atoms with van der Waals surface area (Å²) in [5, 5.41) is 12.4. The molecular weight excluding hydrogens is 538 g/mol. The molecule has 0 aromatic carbocycles. The molecule has 1 N–H and O–H groups in total. The molecule has 0 bridgehead atoms. The maximum Gasteiger partial charge on any atom is 0.349 e. The average Bonchev–Trinajstić information content (AvgIpc) is 2.95. The first-order chi connectivity index (χ1) is 9.79. The Hall–Kier alpha value is -0.200. The molecule has 2 heterocycles. The van der Waals surface area contributed by atoms with Gasteiger partial charge in [0.1, 0.15) is 9.75 Å². The van der Waals surface area contributed by atoms with Crippen LogP contribution in [-0.2, 0) is 4.74 Å². The predicted octanol–water partition coefficient (Wildman–Crippen LogP) is 4.81. The molecule has 0 radical (unpaired) electrons. The van der Waals surface area contributed by atoms with E-state index in [0.717, 1.165) is 18.3 Å². The summed E-state index contributed by atoms with van der Waals surface area (Å²) in [6.45, 7) is 3.88. The first-order valence-electron chi connectivity index (χ1n) is 5.58. The van der Waals surface area contributed by atoms with Crippen LogP contribution in [0.4, 0.5) is 0 Å². The smallest absolute Gasteiger partial charge is 0.349 e. The van der Waals surface area contributed by atoms with Crippen LogP contribution >= 0.6 is 67.9 Å². The summed E-state index contributed by atoms with van der Waals surface area (Å²) < 4.78 is 6.45. The normalized spacial score (nSPS) is 9.76.